The molecule has 0 spiro atoms. The Balaban J connectivity index is 3.28. The van der Waals surface area contributed by atoms with Crippen LogP contribution in [0.15, 0.2) is 17.1 Å². The Bertz CT molecular complexity index is 112. The minimum absolute atomic E-state index is 1.10. The highest BCUT2D eigenvalue weighted by Gasteiger charge is 1.84. The Kier molecular flexibility index (Phi) is 5.18. The minimum atomic E-state index is 1.10. The molecule has 0 aromatic heterocycles. The predicted octanol–water partition coefficient (Wildman–Crippen LogP) is 2.43. The molecular formula is C8H15N. The summed E-state index contributed by atoms with van der Waals surface area (Å²) in [6, 6.07) is 0. The molecule has 0 aromatic carbocycles. The maximum atomic E-state index is 4.04. The molecule has 0 aromatic rings. The molecule has 0 aliphatic heterocycles. The second-order valence-corrected chi connectivity index (χ2v) is 2.07. The van der Waals surface area contributed by atoms with Gasteiger partial charge in [0.1, 0.15) is 0 Å². The summed E-state index contributed by atoms with van der Waals surface area (Å²) in [6.45, 7) is 4.10. The molecule has 0 unspecified atom stereocenters. The molecule has 0 saturated heterocycles. The van der Waals surface area contributed by atoms with E-state index in [9.17, 15) is 0 Å². The van der Waals surface area contributed by atoms with Crippen LogP contribution in [-0.4, -0.2) is 12.8 Å². The molecule has 0 rings (SSSR count). The van der Waals surface area contributed by atoms with E-state index in [1.54, 1.807) is 0 Å². The van der Waals surface area contributed by atoms with Gasteiger partial charge >= 0.3 is 0 Å². The molecule has 0 aliphatic carbocycles. The van der Waals surface area contributed by atoms with Gasteiger partial charge in [0.25, 0.3) is 0 Å². The zero-order valence-corrected chi connectivity index (χ0v) is 6.52. The predicted molar refractivity (Wildman–Crippen MR) is 43.1 cm³/mol. The highest BCUT2D eigenvalue weighted by atomic mass is 14.7. The van der Waals surface area contributed by atoms with Crippen LogP contribution in [0.4, 0.5) is 0 Å². The fourth-order valence-corrected chi connectivity index (χ4v) is 0.571. The normalized spacial score (nSPS) is 13.0. The monoisotopic (exact) mass is 125 g/mol. The van der Waals surface area contributed by atoms with E-state index in [0.717, 1.165) is 12.8 Å². The van der Waals surface area contributed by atoms with Gasteiger partial charge in [0.15, 0.2) is 0 Å². The van der Waals surface area contributed by atoms with Gasteiger partial charge in [-0.2, -0.15) is 0 Å². The van der Waals surface area contributed by atoms with Crippen LogP contribution in [-0.2, 0) is 0 Å². The maximum absolute atomic E-state index is 4.04. The largest absolute Gasteiger partial charge is 0.298 e. The Labute approximate surface area is 57.5 Å². The molecule has 9 heavy (non-hydrogen) atoms. The van der Waals surface area contributed by atoms with Crippen molar-refractivity contribution in [1.82, 2.24) is 0 Å². The van der Waals surface area contributed by atoms with Crippen LogP contribution in [0.25, 0.3) is 0 Å². The average Bonchev–Trinajstić information content (AvgIpc) is 1.89. The number of hydrogen-bond acceptors (Lipinski definition) is 1. The summed E-state index contributed by atoms with van der Waals surface area (Å²) < 4.78 is 0. The van der Waals surface area contributed by atoms with Crippen molar-refractivity contribution in [3.63, 3.8) is 0 Å². The van der Waals surface area contributed by atoms with Crippen LogP contribution in [0.2, 0.25) is 0 Å². The molecule has 0 aliphatic rings. The fourth-order valence-electron chi connectivity index (χ4n) is 0.571. The van der Waals surface area contributed by atoms with Gasteiger partial charge in [-0.1, -0.05) is 12.2 Å². The lowest BCUT2D eigenvalue weighted by Crippen LogP contribution is -1.87. The number of allylic oxidation sites excluding steroid dienone is 2. The third-order valence-corrected chi connectivity index (χ3v) is 1.29. The standard InChI is InChI=1S/C8H15N/c1-4-5-6-7-8(2)9-3/h4-5H,6-7H2,1-3H3/b5-4+,9-8+. The van der Waals surface area contributed by atoms with Crippen molar-refractivity contribution < 1.29 is 0 Å². The summed E-state index contributed by atoms with van der Waals surface area (Å²) >= 11 is 0. The fraction of sp³-hybridized carbons (Fsp3) is 0.625. The van der Waals surface area contributed by atoms with Crippen LogP contribution < -0.4 is 0 Å². The van der Waals surface area contributed by atoms with Crippen molar-refractivity contribution in [2.75, 3.05) is 7.05 Å². The van der Waals surface area contributed by atoms with Gasteiger partial charge in [-0.3, -0.25) is 4.99 Å². The molecule has 0 amide bonds. The number of nitrogens with zero attached hydrogens (tertiary/aromatic N) is 1. The van der Waals surface area contributed by atoms with Crippen molar-refractivity contribution in [2.45, 2.75) is 26.7 Å². The number of rotatable bonds is 3. The van der Waals surface area contributed by atoms with E-state index < -0.39 is 0 Å². The topological polar surface area (TPSA) is 12.4 Å². The lowest BCUT2D eigenvalue weighted by Gasteiger charge is -1.91. The van der Waals surface area contributed by atoms with Gasteiger partial charge in [-0.15, -0.1) is 0 Å². The van der Waals surface area contributed by atoms with Crippen molar-refractivity contribution >= 4 is 5.71 Å². The van der Waals surface area contributed by atoms with Crippen LogP contribution >= 0.6 is 0 Å². The van der Waals surface area contributed by atoms with Gasteiger partial charge in [0.05, 0.1) is 0 Å². The first-order chi connectivity index (χ1) is 4.31. The van der Waals surface area contributed by atoms with E-state index in [1.807, 2.05) is 14.0 Å². The second kappa shape index (κ2) is 5.54. The molecule has 0 atom stereocenters. The van der Waals surface area contributed by atoms with Crippen molar-refractivity contribution in [3.05, 3.63) is 12.2 Å². The number of aliphatic imine (C=N–C) groups is 1. The third kappa shape index (κ3) is 5.28. The quantitative estimate of drug-likeness (QED) is 0.406. The molecule has 0 radical (unpaired) electrons. The highest BCUT2D eigenvalue weighted by Crippen LogP contribution is 1.92. The summed E-state index contributed by atoms with van der Waals surface area (Å²) in [7, 11) is 1.84. The van der Waals surface area contributed by atoms with E-state index in [-0.39, 0.29) is 0 Å². The summed E-state index contributed by atoms with van der Waals surface area (Å²) in [5.74, 6) is 0. The average molecular weight is 125 g/mol. The summed E-state index contributed by atoms with van der Waals surface area (Å²) in [4.78, 5) is 4.04. The van der Waals surface area contributed by atoms with Gasteiger partial charge in [0.2, 0.25) is 0 Å². The van der Waals surface area contributed by atoms with Gasteiger partial charge in [-0.25, -0.2) is 0 Å². The van der Waals surface area contributed by atoms with Crippen LogP contribution in [0.1, 0.15) is 26.7 Å². The van der Waals surface area contributed by atoms with E-state index in [0.29, 0.717) is 0 Å². The Hall–Kier alpha value is -0.590. The molecular weight excluding hydrogens is 110 g/mol. The Morgan fingerprint density at radius 1 is 1.56 bits per heavy atom. The molecule has 0 fully saturated rings. The van der Waals surface area contributed by atoms with Crippen molar-refractivity contribution in [1.29, 1.82) is 0 Å². The molecule has 1 heteroatoms. The maximum Gasteiger partial charge on any atom is 0.0276 e. The SMILES string of the molecule is C/C=C/CC/C(C)=N/C. The Morgan fingerprint density at radius 3 is 2.67 bits per heavy atom. The van der Waals surface area contributed by atoms with Gasteiger partial charge in [0, 0.05) is 12.8 Å². The van der Waals surface area contributed by atoms with Crippen molar-refractivity contribution in [3.8, 4) is 0 Å². The van der Waals surface area contributed by atoms with Crippen LogP contribution in [0.3, 0.4) is 0 Å². The first-order valence-corrected chi connectivity index (χ1v) is 3.34. The summed E-state index contributed by atoms with van der Waals surface area (Å²) in [6.07, 6.45) is 6.46. The molecule has 1 nitrogen and oxygen atoms in total. The van der Waals surface area contributed by atoms with Crippen LogP contribution in [0.5, 0.6) is 0 Å². The number of hydrogen-bond donors (Lipinski definition) is 0. The second-order valence-electron chi connectivity index (χ2n) is 2.07. The van der Waals surface area contributed by atoms with E-state index in [1.165, 1.54) is 5.71 Å². The van der Waals surface area contributed by atoms with Gasteiger partial charge in [-0.05, 0) is 26.7 Å². The zero-order valence-electron chi connectivity index (χ0n) is 6.52. The highest BCUT2D eigenvalue weighted by molar-refractivity contribution is 5.81. The van der Waals surface area contributed by atoms with E-state index in [2.05, 4.69) is 24.1 Å². The first-order valence-electron chi connectivity index (χ1n) is 3.34. The lowest BCUT2D eigenvalue weighted by molar-refractivity contribution is 1.08. The Morgan fingerprint density at radius 2 is 2.22 bits per heavy atom. The molecule has 0 bridgehead atoms. The van der Waals surface area contributed by atoms with E-state index >= 15 is 0 Å². The lowest BCUT2D eigenvalue weighted by atomic mass is 10.2. The van der Waals surface area contributed by atoms with Crippen molar-refractivity contribution in [2.24, 2.45) is 4.99 Å². The molecule has 0 saturated carbocycles. The van der Waals surface area contributed by atoms with Crippen LogP contribution in [0, 0.1) is 0 Å². The molecule has 52 valence electrons. The zero-order chi connectivity index (χ0) is 7.11. The molecule has 0 N–H and O–H groups in total. The first kappa shape index (κ1) is 8.41. The van der Waals surface area contributed by atoms with Gasteiger partial charge < -0.3 is 0 Å². The third-order valence-electron chi connectivity index (χ3n) is 1.29. The minimum Gasteiger partial charge on any atom is -0.298 e. The molecule has 0 heterocycles. The summed E-state index contributed by atoms with van der Waals surface area (Å²) in [5.41, 5.74) is 1.23. The van der Waals surface area contributed by atoms with E-state index in [4.69, 9.17) is 0 Å². The summed E-state index contributed by atoms with van der Waals surface area (Å²) in [5, 5.41) is 0. The smallest absolute Gasteiger partial charge is 0.0276 e.